The van der Waals surface area contributed by atoms with Crippen LogP contribution in [0, 0.1) is 6.92 Å². The van der Waals surface area contributed by atoms with Gasteiger partial charge in [-0.1, -0.05) is 23.9 Å². The lowest BCUT2D eigenvalue weighted by Gasteiger charge is -2.09. The standard InChI is InChI=1S/C17H17N5O2S/c1-12(23)14-6-5-7-15(10-14)18-16(24)11-25-17-20-19-13(2)22(17)21-8-3-4-9-21/h3-10H,11H2,1-2H3,(H,18,24). The Kier molecular flexibility index (Phi) is 4.99. The summed E-state index contributed by atoms with van der Waals surface area (Å²) >= 11 is 1.29. The largest absolute Gasteiger partial charge is 0.325 e. The van der Waals surface area contributed by atoms with Gasteiger partial charge in [-0.2, -0.15) is 0 Å². The summed E-state index contributed by atoms with van der Waals surface area (Å²) in [5.41, 5.74) is 1.16. The second-order valence-electron chi connectivity index (χ2n) is 5.38. The second kappa shape index (κ2) is 7.35. The molecule has 0 spiro atoms. The predicted molar refractivity (Wildman–Crippen MR) is 95.8 cm³/mol. The number of amides is 1. The molecule has 0 atom stereocenters. The van der Waals surface area contributed by atoms with Crippen LogP contribution in [0.1, 0.15) is 23.1 Å². The Hall–Kier alpha value is -2.87. The monoisotopic (exact) mass is 355 g/mol. The van der Waals surface area contributed by atoms with Crippen LogP contribution in [0.15, 0.2) is 53.9 Å². The molecule has 3 aromatic rings. The average Bonchev–Trinajstić information content (AvgIpc) is 3.22. The number of anilines is 1. The lowest BCUT2D eigenvalue weighted by molar-refractivity contribution is -0.113. The smallest absolute Gasteiger partial charge is 0.234 e. The first-order valence-corrected chi connectivity index (χ1v) is 8.62. The van der Waals surface area contributed by atoms with Gasteiger partial charge in [0, 0.05) is 23.6 Å². The van der Waals surface area contributed by atoms with Crippen molar-refractivity contribution < 1.29 is 9.59 Å². The number of nitrogens with one attached hydrogen (secondary N) is 1. The molecule has 0 fully saturated rings. The number of ketones is 1. The molecule has 8 heteroatoms. The van der Waals surface area contributed by atoms with E-state index in [4.69, 9.17) is 0 Å². The summed E-state index contributed by atoms with van der Waals surface area (Å²) in [6.07, 6.45) is 3.77. The van der Waals surface area contributed by atoms with Crippen LogP contribution >= 0.6 is 11.8 Å². The Labute approximate surface area is 149 Å². The van der Waals surface area contributed by atoms with Gasteiger partial charge in [0.25, 0.3) is 0 Å². The Morgan fingerprint density at radius 1 is 1.16 bits per heavy atom. The predicted octanol–water partition coefficient (Wildman–Crippen LogP) is 2.63. The highest BCUT2D eigenvalue weighted by atomic mass is 32.2. The zero-order valence-electron chi connectivity index (χ0n) is 13.8. The third kappa shape index (κ3) is 3.97. The topological polar surface area (TPSA) is 81.8 Å². The highest BCUT2D eigenvalue weighted by Crippen LogP contribution is 2.18. The van der Waals surface area contributed by atoms with Crippen LogP contribution in [0.4, 0.5) is 5.69 Å². The molecule has 0 bridgehead atoms. The van der Waals surface area contributed by atoms with Crippen LogP contribution in [0.2, 0.25) is 0 Å². The summed E-state index contributed by atoms with van der Waals surface area (Å²) in [4.78, 5) is 23.6. The summed E-state index contributed by atoms with van der Waals surface area (Å²) in [5, 5.41) is 11.6. The van der Waals surface area contributed by atoms with Crippen molar-refractivity contribution in [3.8, 4) is 0 Å². The number of nitrogens with zero attached hydrogens (tertiary/aromatic N) is 4. The molecule has 2 aromatic heterocycles. The first kappa shape index (κ1) is 17.0. The summed E-state index contributed by atoms with van der Waals surface area (Å²) in [5.74, 6) is 0.698. The van der Waals surface area contributed by atoms with Gasteiger partial charge in [0.1, 0.15) is 0 Å². The van der Waals surface area contributed by atoms with Crippen molar-refractivity contribution in [2.45, 2.75) is 19.0 Å². The van der Waals surface area contributed by atoms with E-state index in [9.17, 15) is 9.59 Å². The van der Waals surface area contributed by atoms with Crippen LogP contribution in [0.25, 0.3) is 0 Å². The van der Waals surface area contributed by atoms with Gasteiger partial charge in [0.15, 0.2) is 11.6 Å². The maximum absolute atomic E-state index is 12.2. The molecule has 0 aliphatic heterocycles. The van der Waals surface area contributed by atoms with E-state index in [0.29, 0.717) is 16.4 Å². The van der Waals surface area contributed by atoms with Crippen LogP contribution in [0.5, 0.6) is 0 Å². The molecule has 0 saturated heterocycles. The number of benzene rings is 1. The molecule has 0 saturated carbocycles. The fourth-order valence-electron chi connectivity index (χ4n) is 2.30. The van der Waals surface area contributed by atoms with E-state index in [1.807, 2.05) is 40.8 Å². The van der Waals surface area contributed by atoms with Gasteiger partial charge in [0.2, 0.25) is 11.1 Å². The molecule has 0 unspecified atom stereocenters. The minimum Gasteiger partial charge on any atom is -0.325 e. The number of thioether (sulfide) groups is 1. The molecule has 1 amide bonds. The Morgan fingerprint density at radius 3 is 2.64 bits per heavy atom. The second-order valence-corrected chi connectivity index (χ2v) is 6.32. The van der Waals surface area contributed by atoms with E-state index in [-0.39, 0.29) is 17.4 Å². The number of hydrogen-bond acceptors (Lipinski definition) is 5. The number of carbonyl (C=O) groups is 2. The van der Waals surface area contributed by atoms with E-state index in [1.165, 1.54) is 18.7 Å². The van der Waals surface area contributed by atoms with Crippen molar-refractivity contribution in [2.75, 3.05) is 11.1 Å². The van der Waals surface area contributed by atoms with Crippen LogP contribution < -0.4 is 5.32 Å². The van der Waals surface area contributed by atoms with Crippen molar-refractivity contribution in [1.29, 1.82) is 0 Å². The van der Waals surface area contributed by atoms with E-state index in [1.54, 1.807) is 24.3 Å². The van der Waals surface area contributed by atoms with Gasteiger partial charge >= 0.3 is 0 Å². The molecule has 3 rings (SSSR count). The first-order chi connectivity index (χ1) is 12.0. The molecule has 25 heavy (non-hydrogen) atoms. The van der Waals surface area contributed by atoms with Crippen LogP contribution in [0.3, 0.4) is 0 Å². The van der Waals surface area contributed by atoms with Gasteiger partial charge in [0.05, 0.1) is 5.75 Å². The molecule has 1 N–H and O–H groups in total. The van der Waals surface area contributed by atoms with Gasteiger partial charge in [-0.3, -0.25) is 14.3 Å². The zero-order chi connectivity index (χ0) is 17.8. The third-order valence-corrected chi connectivity index (χ3v) is 4.39. The van der Waals surface area contributed by atoms with Gasteiger partial charge in [-0.15, -0.1) is 10.2 Å². The quantitative estimate of drug-likeness (QED) is 0.543. The fourth-order valence-corrected chi connectivity index (χ4v) is 3.08. The maximum atomic E-state index is 12.2. The van der Waals surface area contributed by atoms with E-state index < -0.39 is 0 Å². The lowest BCUT2D eigenvalue weighted by Crippen LogP contribution is -2.16. The molecule has 128 valence electrons. The lowest BCUT2D eigenvalue weighted by atomic mass is 10.1. The molecule has 1 aromatic carbocycles. The Morgan fingerprint density at radius 2 is 1.92 bits per heavy atom. The molecular formula is C17H17N5O2S. The maximum Gasteiger partial charge on any atom is 0.234 e. The minimum atomic E-state index is -0.176. The molecule has 0 radical (unpaired) electrons. The zero-order valence-corrected chi connectivity index (χ0v) is 14.7. The van der Waals surface area contributed by atoms with Crippen molar-refractivity contribution in [2.24, 2.45) is 0 Å². The average molecular weight is 355 g/mol. The summed E-state index contributed by atoms with van der Waals surface area (Å²) in [6.45, 7) is 3.34. The summed E-state index contributed by atoms with van der Waals surface area (Å²) in [7, 11) is 0. The van der Waals surface area contributed by atoms with Crippen molar-refractivity contribution in [1.82, 2.24) is 19.5 Å². The molecule has 2 heterocycles. The highest BCUT2D eigenvalue weighted by molar-refractivity contribution is 7.99. The normalized spacial score (nSPS) is 10.6. The molecule has 0 aliphatic carbocycles. The Balaban J connectivity index is 1.66. The third-order valence-electron chi connectivity index (χ3n) is 3.47. The number of aromatic nitrogens is 4. The van der Waals surface area contributed by atoms with Gasteiger partial charge in [-0.25, -0.2) is 4.68 Å². The van der Waals surface area contributed by atoms with E-state index in [2.05, 4.69) is 15.5 Å². The summed E-state index contributed by atoms with van der Waals surface area (Å²) < 4.78 is 3.68. The highest BCUT2D eigenvalue weighted by Gasteiger charge is 2.13. The fraction of sp³-hybridized carbons (Fsp3) is 0.176. The first-order valence-electron chi connectivity index (χ1n) is 7.64. The van der Waals surface area contributed by atoms with Gasteiger partial charge < -0.3 is 5.32 Å². The minimum absolute atomic E-state index is 0.0410. The SMILES string of the molecule is CC(=O)c1cccc(NC(=O)CSc2nnc(C)n2-n2cccc2)c1. The number of Topliss-reactive ketones (excluding diaryl/α,β-unsaturated/α-hetero) is 1. The van der Waals surface area contributed by atoms with Crippen molar-refractivity contribution >= 4 is 29.1 Å². The number of aryl methyl sites for hydroxylation is 1. The van der Waals surface area contributed by atoms with Crippen LogP contribution in [-0.2, 0) is 4.79 Å². The van der Waals surface area contributed by atoms with Crippen molar-refractivity contribution in [3.05, 3.63) is 60.2 Å². The number of carbonyl (C=O) groups excluding carboxylic acids is 2. The number of rotatable bonds is 6. The number of hydrogen-bond donors (Lipinski definition) is 1. The molecular weight excluding hydrogens is 338 g/mol. The van der Waals surface area contributed by atoms with Crippen molar-refractivity contribution in [3.63, 3.8) is 0 Å². The molecule has 7 nitrogen and oxygen atoms in total. The van der Waals surface area contributed by atoms with E-state index in [0.717, 1.165) is 5.82 Å². The van der Waals surface area contributed by atoms with Crippen LogP contribution in [-0.4, -0.2) is 37.0 Å². The summed E-state index contributed by atoms with van der Waals surface area (Å²) in [6, 6.07) is 10.7. The van der Waals surface area contributed by atoms with Gasteiger partial charge in [-0.05, 0) is 38.1 Å². The van der Waals surface area contributed by atoms with E-state index >= 15 is 0 Å². The Bertz CT molecular complexity index is 902. The molecule has 0 aliphatic rings.